The minimum atomic E-state index is 0.00889. The first-order valence-corrected chi connectivity index (χ1v) is 9.30. The molecule has 5 heteroatoms. The normalized spacial score (nSPS) is 13.3. The number of nitrogens with two attached hydrogens (primary N) is 2. The quantitative estimate of drug-likeness (QED) is 0.826. The molecule has 0 saturated carbocycles. The van der Waals surface area contributed by atoms with E-state index in [1.54, 1.807) is 0 Å². The molecule has 4 N–H and O–H groups in total. The van der Waals surface area contributed by atoms with Gasteiger partial charge in [0.15, 0.2) is 0 Å². The first kappa shape index (κ1) is 18.9. The Morgan fingerprint density at radius 1 is 1.11 bits per heavy atom. The van der Waals surface area contributed by atoms with Gasteiger partial charge in [-0.1, -0.05) is 49.4 Å². The van der Waals surface area contributed by atoms with E-state index < -0.39 is 0 Å². The van der Waals surface area contributed by atoms with Gasteiger partial charge in [0.25, 0.3) is 5.91 Å². The van der Waals surface area contributed by atoms with Gasteiger partial charge in [0, 0.05) is 37.2 Å². The standard InChI is InChI=1S/C22H26N4O/c1-2-11-26(15-17-9-7-16(14-23)8-10-17)22(27)19-12-18-5-3-4-6-20(18)25-21(24)13-19/h3-10,12H,2,11,13-15,23H2,1H3,(H2,24,25). The van der Waals surface area contributed by atoms with Gasteiger partial charge in [-0.2, -0.15) is 0 Å². The topological polar surface area (TPSA) is 84.7 Å². The fourth-order valence-electron chi connectivity index (χ4n) is 3.20. The summed E-state index contributed by atoms with van der Waals surface area (Å²) < 4.78 is 0. The Hall–Kier alpha value is -2.92. The van der Waals surface area contributed by atoms with E-state index >= 15 is 0 Å². The van der Waals surface area contributed by atoms with Gasteiger partial charge in [-0.25, -0.2) is 4.99 Å². The zero-order valence-electron chi connectivity index (χ0n) is 15.7. The Morgan fingerprint density at radius 3 is 2.52 bits per heavy atom. The summed E-state index contributed by atoms with van der Waals surface area (Å²) in [5.41, 5.74) is 16.3. The van der Waals surface area contributed by atoms with Crippen LogP contribution in [0.4, 0.5) is 5.69 Å². The number of rotatable bonds is 6. The summed E-state index contributed by atoms with van der Waals surface area (Å²) in [7, 11) is 0. The molecular weight excluding hydrogens is 336 g/mol. The van der Waals surface area contributed by atoms with E-state index in [-0.39, 0.29) is 5.91 Å². The summed E-state index contributed by atoms with van der Waals surface area (Å²) in [6, 6.07) is 15.8. The van der Waals surface area contributed by atoms with Crippen LogP contribution in [0.2, 0.25) is 0 Å². The van der Waals surface area contributed by atoms with Crippen LogP contribution in [-0.2, 0) is 17.9 Å². The van der Waals surface area contributed by atoms with Gasteiger partial charge in [0.2, 0.25) is 0 Å². The minimum Gasteiger partial charge on any atom is -0.387 e. The van der Waals surface area contributed by atoms with Gasteiger partial charge in [0.05, 0.1) is 5.69 Å². The second-order valence-corrected chi connectivity index (χ2v) is 6.76. The van der Waals surface area contributed by atoms with Crippen LogP contribution in [0.25, 0.3) is 6.08 Å². The maximum absolute atomic E-state index is 13.3. The molecule has 0 saturated heterocycles. The van der Waals surface area contributed by atoms with E-state index in [1.807, 2.05) is 59.5 Å². The Kier molecular flexibility index (Phi) is 6.04. The zero-order valence-corrected chi connectivity index (χ0v) is 15.7. The molecule has 1 aliphatic heterocycles. The van der Waals surface area contributed by atoms with E-state index in [9.17, 15) is 4.79 Å². The molecule has 3 rings (SSSR count). The highest BCUT2D eigenvalue weighted by molar-refractivity contribution is 6.05. The second-order valence-electron chi connectivity index (χ2n) is 6.76. The molecule has 1 amide bonds. The largest absolute Gasteiger partial charge is 0.387 e. The number of amidine groups is 1. The number of hydrogen-bond acceptors (Lipinski definition) is 4. The predicted octanol–water partition coefficient (Wildman–Crippen LogP) is 3.36. The van der Waals surface area contributed by atoms with E-state index in [0.29, 0.717) is 37.5 Å². The molecule has 2 aromatic rings. The first-order valence-electron chi connectivity index (χ1n) is 9.30. The molecule has 1 aliphatic rings. The number of nitrogens with zero attached hydrogens (tertiary/aromatic N) is 2. The number of carbonyl (C=O) groups excluding carboxylic acids is 1. The summed E-state index contributed by atoms with van der Waals surface area (Å²) in [6.45, 7) is 3.84. The number of aliphatic imine (C=N–C) groups is 1. The highest BCUT2D eigenvalue weighted by Crippen LogP contribution is 2.27. The van der Waals surface area contributed by atoms with Crippen LogP contribution >= 0.6 is 0 Å². The van der Waals surface area contributed by atoms with E-state index in [4.69, 9.17) is 11.5 Å². The molecule has 0 fully saturated rings. The number of benzene rings is 2. The lowest BCUT2D eigenvalue weighted by Crippen LogP contribution is -2.33. The molecule has 0 aliphatic carbocycles. The molecule has 2 aromatic carbocycles. The Balaban J connectivity index is 1.86. The molecule has 0 spiro atoms. The fraction of sp³-hybridized carbons (Fsp3) is 0.273. The van der Waals surface area contributed by atoms with Gasteiger partial charge in [-0.3, -0.25) is 4.79 Å². The van der Waals surface area contributed by atoms with Crippen molar-refractivity contribution in [3.8, 4) is 0 Å². The third kappa shape index (κ3) is 4.63. The van der Waals surface area contributed by atoms with Gasteiger partial charge >= 0.3 is 0 Å². The number of para-hydroxylation sites is 1. The Labute approximate surface area is 160 Å². The minimum absolute atomic E-state index is 0.00889. The lowest BCUT2D eigenvalue weighted by Gasteiger charge is -2.23. The van der Waals surface area contributed by atoms with Gasteiger partial charge < -0.3 is 16.4 Å². The third-order valence-electron chi connectivity index (χ3n) is 4.59. The summed E-state index contributed by atoms with van der Waals surface area (Å²) in [5.74, 6) is 0.470. The summed E-state index contributed by atoms with van der Waals surface area (Å²) in [4.78, 5) is 19.6. The molecular formula is C22H26N4O. The molecule has 140 valence electrons. The van der Waals surface area contributed by atoms with Crippen molar-refractivity contribution in [1.82, 2.24) is 4.90 Å². The van der Waals surface area contributed by atoms with Crippen LogP contribution in [0.3, 0.4) is 0 Å². The van der Waals surface area contributed by atoms with Crippen LogP contribution in [0.5, 0.6) is 0 Å². The van der Waals surface area contributed by atoms with Crippen LogP contribution in [0, 0.1) is 0 Å². The van der Waals surface area contributed by atoms with Crippen LogP contribution in [0.15, 0.2) is 59.1 Å². The number of carbonyl (C=O) groups is 1. The van der Waals surface area contributed by atoms with Crippen LogP contribution in [-0.4, -0.2) is 23.2 Å². The van der Waals surface area contributed by atoms with Crippen molar-refractivity contribution in [3.63, 3.8) is 0 Å². The molecule has 0 radical (unpaired) electrons. The number of hydrogen-bond donors (Lipinski definition) is 2. The predicted molar refractivity (Wildman–Crippen MR) is 110 cm³/mol. The molecule has 0 atom stereocenters. The van der Waals surface area contributed by atoms with Crippen molar-refractivity contribution < 1.29 is 4.79 Å². The molecule has 0 bridgehead atoms. The molecule has 0 unspecified atom stereocenters. The van der Waals surface area contributed by atoms with E-state index in [0.717, 1.165) is 28.8 Å². The van der Waals surface area contributed by atoms with Crippen molar-refractivity contribution in [1.29, 1.82) is 0 Å². The average molecular weight is 362 g/mol. The smallest absolute Gasteiger partial charge is 0.250 e. The first-order chi connectivity index (χ1) is 13.1. The van der Waals surface area contributed by atoms with Crippen LogP contribution < -0.4 is 11.5 Å². The fourth-order valence-corrected chi connectivity index (χ4v) is 3.20. The lowest BCUT2D eigenvalue weighted by molar-refractivity contribution is -0.127. The highest BCUT2D eigenvalue weighted by Gasteiger charge is 2.21. The summed E-state index contributed by atoms with van der Waals surface area (Å²) >= 11 is 0. The van der Waals surface area contributed by atoms with Crippen molar-refractivity contribution in [2.75, 3.05) is 6.54 Å². The molecule has 5 nitrogen and oxygen atoms in total. The Bertz CT molecular complexity index is 868. The Morgan fingerprint density at radius 2 is 1.81 bits per heavy atom. The summed E-state index contributed by atoms with van der Waals surface area (Å²) in [6.07, 6.45) is 3.17. The van der Waals surface area contributed by atoms with Crippen molar-refractivity contribution >= 4 is 23.5 Å². The van der Waals surface area contributed by atoms with Crippen LogP contribution in [0.1, 0.15) is 36.5 Å². The molecule has 1 heterocycles. The average Bonchev–Trinajstić information content (AvgIpc) is 2.85. The third-order valence-corrected chi connectivity index (χ3v) is 4.59. The number of fused-ring (bicyclic) bond motifs is 1. The van der Waals surface area contributed by atoms with Crippen molar-refractivity contribution in [2.24, 2.45) is 16.5 Å². The van der Waals surface area contributed by atoms with Gasteiger partial charge in [-0.05, 0) is 29.7 Å². The molecule has 0 aromatic heterocycles. The van der Waals surface area contributed by atoms with Gasteiger partial charge in [-0.15, -0.1) is 0 Å². The number of amides is 1. The second kappa shape index (κ2) is 8.64. The van der Waals surface area contributed by atoms with E-state index in [1.165, 1.54) is 0 Å². The van der Waals surface area contributed by atoms with Crippen molar-refractivity contribution in [2.45, 2.75) is 32.9 Å². The molecule has 27 heavy (non-hydrogen) atoms. The monoisotopic (exact) mass is 362 g/mol. The van der Waals surface area contributed by atoms with Crippen molar-refractivity contribution in [3.05, 3.63) is 70.8 Å². The maximum Gasteiger partial charge on any atom is 0.250 e. The SMILES string of the molecule is CCCN(Cc1ccc(CN)cc1)C(=O)C1=Cc2ccccc2N=C(N)C1. The van der Waals surface area contributed by atoms with Gasteiger partial charge in [0.1, 0.15) is 5.84 Å². The van der Waals surface area contributed by atoms with E-state index in [2.05, 4.69) is 11.9 Å². The lowest BCUT2D eigenvalue weighted by atomic mass is 10.1. The zero-order chi connectivity index (χ0) is 19.2. The highest BCUT2D eigenvalue weighted by atomic mass is 16.2. The maximum atomic E-state index is 13.3. The summed E-state index contributed by atoms with van der Waals surface area (Å²) in [5, 5.41) is 0.